The fourth-order valence-electron chi connectivity index (χ4n) is 9.21. The van der Waals surface area contributed by atoms with Crippen molar-refractivity contribution in [1.29, 1.82) is 0 Å². The summed E-state index contributed by atoms with van der Waals surface area (Å²) in [5.74, 6) is -3.14. The lowest BCUT2D eigenvalue weighted by molar-refractivity contribution is -0.144. The summed E-state index contributed by atoms with van der Waals surface area (Å²) in [7, 11) is 0. The molecule has 3 amide bonds. The first kappa shape index (κ1) is 51.5. The number of aliphatic hydroxyl groups excluding tert-OH is 1. The van der Waals surface area contributed by atoms with Crippen LogP contribution < -0.4 is 15.4 Å². The number of rotatable bonds is 21. The molecule has 0 saturated carbocycles. The number of carbonyl (C=O) groups excluding carboxylic acids is 3. The van der Waals surface area contributed by atoms with Gasteiger partial charge in [0.05, 0.1) is 54.6 Å². The van der Waals surface area contributed by atoms with Crippen molar-refractivity contribution in [3.05, 3.63) is 106 Å². The lowest BCUT2D eigenvalue weighted by Gasteiger charge is -2.40. The van der Waals surface area contributed by atoms with Crippen LogP contribution in [0.4, 0.5) is 17.6 Å². The maximum atomic E-state index is 15.8. The van der Waals surface area contributed by atoms with Crippen LogP contribution in [0, 0.1) is 24.0 Å². The minimum absolute atomic E-state index is 0.00375. The second-order valence-corrected chi connectivity index (χ2v) is 19.8. The largest absolute Gasteiger partial charge is 0.493 e. The molecule has 0 aliphatic carbocycles. The number of thiazole rings is 1. The molecule has 5 atom stereocenters. The minimum atomic E-state index is -2.70. The highest BCUT2D eigenvalue weighted by Gasteiger charge is 2.45. The third-order valence-electron chi connectivity index (χ3n) is 12.7. The number of para-hydroxylation sites is 1. The number of aromatic nitrogens is 2. The predicted octanol–water partition coefficient (Wildman–Crippen LogP) is 7.87. The number of alkyl halides is 2. The molecule has 13 nitrogen and oxygen atoms in total. The van der Waals surface area contributed by atoms with E-state index in [4.69, 9.17) is 14.2 Å². The number of H-pyrrole nitrogens is 1. The number of nitrogens with one attached hydrogen (secondary N) is 3. The molecule has 2 aliphatic rings. The van der Waals surface area contributed by atoms with E-state index in [2.05, 4.69) is 20.6 Å². The van der Waals surface area contributed by atoms with Crippen LogP contribution in [0.25, 0.3) is 21.3 Å². The van der Waals surface area contributed by atoms with Gasteiger partial charge in [0.25, 0.3) is 6.43 Å². The van der Waals surface area contributed by atoms with Crippen molar-refractivity contribution >= 4 is 40.0 Å². The Hall–Kier alpha value is -5.40. The first-order valence-corrected chi connectivity index (χ1v) is 24.3. The quantitative estimate of drug-likeness (QED) is 0.0425. The Bertz CT molecular complexity index is 2530. The van der Waals surface area contributed by atoms with Gasteiger partial charge in [0.2, 0.25) is 17.7 Å². The highest BCUT2D eigenvalue weighted by Crippen LogP contribution is 2.43. The average molecular weight is 979 g/mol. The van der Waals surface area contributed by atoms with Gasteiger partial charge >= 0.3 is 0 Å². The molecule has 0 bridgehead atoms. The van der Waals surface area contributed by atoms with Crippen LogP contribution in [0.2, 0.25) is 0 Å². The van der Waals surface area contributed by atoms with Crippen LogP contribution in [-0.2, 0) is 36.8 Å². The van der Waals surface area contributed by atoms with E-state index in [1.54, 1.807) is 44.5 Å². The maximum Gasteiger partial charge on any atom is 0.251 e. The summed E-state index contributed by atoms with van der Waals surface area (Å²) in [6.07, 6.45) is -1.13. The molecule has 3 aromatic carbocycles. The van der Waals surface area contributed by atoms with Gasteiger partial charge in [-0.1, -0.05) is 63.2 Å². The highest BCUT2D eigenvalue weighted by atomic mass is 32.1. The molecule has 69 heavy (non-hydrogen) atoms. The Morgan fingerprint density at radius 3 is 2.38 bits per heavy atom. The fraction of sp³-hybridized carbons (Fsp3) is 0.490. The van der Waals surface area contributed by atoms with Gasteiger partial charge in [0.15, 0.2) is 0 Å². The third-order valence-corrected chi connectivity index (χ3v) is 13.7. The van der Waals surface area contributed by atoms with Gasteiger partial charge in [-0.3, -0.25) is 19.3 Å². The van der Waals surface area contributed by atoms with Crippen LogP contribution in [0.15, 0.2) is 66.2 Å². The molecule has 4 heterocycles. The number of carbonyl (C=O) groups is 3. The van der Waals surface area contributed by atoms with Crippen LogP contribution in [0.5, 0.6) is 5.75 Å². The number of hydrogen-bond donors (Lipinski definition) is 4. The van der Waals surface area contributed by atoms with E-state index in [0.29, 0.717) is 38.0 Å². The van der Waals surface area contributed by atoms with Gasteiger partial charge in [0.1, 0.15) is 36.1 Å². The summed E-state index contributed by atoms with van der Waals surface area (Å²) in [4.78, 5) is 51.8. The molecule has 4 N–H and O–H groups in total. The van der Waals surface area contributed by atoms with E-state index >= 15 is 8.78 Å². The van der Waals surface area contributed by atoms with Gasteiger partial charge < -0.3 is 39.8 Å². The van der Waals surface area contributed by atoms with E-state index in [1.165, 1.54) is 9.80 Å². The number of β-amino-alcohol motifs (C(OH)–C–C–N with tert-alkyl or cyclic N) is 1. The molecule has 2 aromatic heterocycles. The van der Waals surface area contributed by atoms with E-state index in [-0.39, 0.29) is 57.3 Å². The number of amides is 3. The first-order valence-electron chi connectivity index (χ1n) is 23.5. The van der Waals surface area contributed by atoms with Crippen molar-refractivity contribution in [3.8, 4) is 16.2 Å². The number of ether oxygens (including phenoxy) is 3. The van der Waals surface area contributed by atoms with E-state index < -0.39 is 78.0 Å². The molecule has 18 heteroatoms. The van der Waals surface area contributed by atoms with Crippen molar-refractivity contribution in [1.82, 2.24) is 30.4 Å². The zero-order chi connectivity index (χ0) is 49.4. The van der Waals surface area contributed by atoms with Crippen molar-refractivity contribution in [2.24, 2.45) is 5.41 Å². The van der Waals surface area contributed by atoms with Crippen molar-refractivity contribution in [2.75, 3.05) is 46.1 Å². The standard InChI is InChI=1S/C51H62F4N6O7S/c1-30-21-37-36-11-7-8-12-40(36)58-45(37)46(60(30)27-42(54)55)44-38(52)23-35(24-39(44)53)68-18-10-6-9-17-66-19-20-67-28-43(63)59-48(51(3,4)5)50(65)61-26-34(62)22-41(61)49(64)56-25-32-13-15-33(16-14-32)47-31(2)57-29-69-47/h7-8,11-16,23-24,29-30,34,41-42,46,48,58,62H,6,9-10,17-22,25-28H2,1-5H3,(H,56,64)(H,59,63)/t30-,34-,41+,46-,48-/m1/s1. The molecule has 0 radical (unpaired) electrons. The molecular weight excluding hydrogens is 917 g/mol. The molecule has 5 aromatic rings. The van der Waals surface area contributed by atoms with Crippen LogP contribution in [0.3, 0.4) is 0 Å². The summed E-state index contributed by atoms with van der Waals surface area (Å²) in [5.41, 5.74) is 5.77. The molecule has 2 aliphatic heterocycles. The zero-order valence-corrected chi connectivity index (χ0v) is 40.5. The number of likely N-dealkylation sites (tertiary alicyclic amines) is 1. The Kier molecular flexibility index (Phi) is 17.2. The molecule has 0 unspecified atom stereocenters. The van der Waals surface area contributed by atoms with Crippen LogP contribution in [-0.4, -0.2) is 119 Å². The topological polar surface area (TPSA) is 158 Å². The fourth-order valence-corrected chi connectivity index (χ4v) is 10.0. The number of unbranched alkanes of at least 4 members (excludes halogenated alkanes) is 2. The van der Waals surface area contributed by atoms with Crippen LogP contribution >= 0.6 is 11.3 Å². The molecule has 0 spiro atoms. The van der Waals surface area contributed by atoms with Gasteiger partial charge in [-0.15, -0.1) is 11.3 Å². The number of aryl methyl sites for hydroxylation is 1. The number of aliphatic hydroxyl groups is 1. The summed E-state index contributed by atoms with van der Waals surface area (Å²) in [5, 5.41) is 17.1. The van der Waals surface area contributed by atoms with E-state index in [9.17, 15) is 28.3 Å². The van der Waals surface area contributed by atoms with Crippen molar-refractivity contribution < 1.29 is 51.3 Å². The maximum absolute atomic E-state index is 15.8. The first-order chi connectivity index (χ1) is 33.0. The van der Waals surface area contributed by atoms with E-state index in [1.807, 2.05) is 55.5 Å². The predicted molar refractivity (Wildman–Crippen MR) is 255 cm³/mol. The average Bonchev–Trinajstić information content (AvgIpc) is 4.03. The smallest absolute Gasteiger partial charge is 0.251 e. The monoisotopic (exact) mass is 978 g/mol. The number of nitrogens with zero attached hydrogens (tertiary/aromatic N) is 3. The second kappa shape index (κ2) is 23.0. The molecule has 1 fully saturated rings. The zero-order valence-electron chi connectivity index (χ0n) is 39.7. The minimum Gasteiger partial charge on any atom is -0.493 e. The van der Waals surface area contributed by atoms with E-state index in [0.717, 1.165) is 50.3 Å². The van der Waals surface area contributed by atoms with Gasteiger partial charge in [-0.05, 0) is 67.7 Å². The summed E-state index contributed by atoms with van der Waals surface area (Å²) < 4.78 is 76.2. The lowest BCUT2D eigenvalue weighted by atomic mass is 9.85. The normalized spacial score (nSPS) is 19.0. The highest BCUT2D eigenvalue weighted by molar-refractivity contribution is 7.13. The molecule has 372 valence electrons. The number of halogens is 4. The van der Waals surface area contributed by atoms with Crippen LogP contribution in [0.1, 0.15) is 87.5 Å². The molecule has 1 saturated heterocycles. The Labute approximate surface area is 403 Å². The second-order valence-electron chi connectivity index (χ2n) is 18.9. The van der Waals surface area contributed by atoms with Gasteiger partial charge in [-0.2, -0.15) is 0 Å². The Morgan fingerprint density at radius 2 is 1.68 bits per heavy atom. The van der Waals surface area contributed by atoms with Gasteiger partial charge in [-0.25, -0.2) is 22.5 Å². The Morgan fingerprint density at radius 1 is 0.971 bits per heavy atom. The summed E-state index contributed by atoms with van der Waals surface area (Å²) in [6, 6.07) is 14.1. The molecule has 7 rings (SSSR count). The molecular formula is C51H62F4N6O7S. The lowest BCUT2D eigenvalue weighted by Crippen LogP contribution is -2.58. The summed E-state index contributed by atoms with van der Waals surface area (Å²) >= 11 is 1.56. The Balaban J connectivity index is 0.803. The SMILES string of the molecule is Cc1ncsc1-c1ccc(CNC(=O)[C@@H]2C[C@@H](O)CN2C(=O)[C@@H](NC(=O)COCCOCCCCCOc2cc(F)c([C@@H]3c4[nH]c5ccccc5c4C[C@@H](C)N3CC(F)F)c(F)c2)C(C)(C)C)cc1. The van der Waals surface area contributed by atoms with Crippen molar-refractivity contribution in [2.45, 2.75) is 110 Å². The number of fused-ring (bicyclic) bond motifs is 3. The number of hydrogen-bond acceptors (Lipinski definition) is 10. The third kappa shape index (κ3) is 12.7. The number of aromatic amines is 1. The van der Waals surface area contributed by atoms with Crippen molar-refractivity contribution in [3.63, 3.8) is 0 Å². The summed E-state index contributed by atoms with van der Waals surface area (Å²) in [6.45, 7) is 9.31. The van der Waals surface area contributed by atoms with Gasteiger partial charge in [0, 0.05) is 66.5 Å². The number of benzene rings is 3.